The SMILES string of the molecule is CCCOC(=O)C1=C(C)O1. The number of carbonyl (C=O) groups excluding carboxylic acids is 1. The summed E-state index contributed by atoms with van der Waals surface area (Å²) in [5.74, 6) is 0.730. The van der Waals surface area contributed by atoms with Gasteiger partial charge in [0, 0.05) is 0 Å². The van der Waals surface area contributed by atoms with E-state index in [1.807, 2.05) is 6.92 Å². The van der Waals surface area contributed by atoms with E-state index in [1.54, 1.807) is 6.92 Å². The van der Waals surface area contributed by atoms with Gasteiger partial charge in [-0.3, -0.25) is 0 Å². The lowest BCUT2D eigenvalue weighted by Crippen LogP contribution is -2.02. The third kappa shape index (κ3) is 1.50. The number of hydrogen-bond donors (Lipinski definition) is 0. The normalized spacial score (nSPS) is 14.6. The second-order valence-electron chi connectivity index (χ2n) is 2.12. The first-order valence-corrected chi connectivity index (χ1v) is 3.31. The third-order valence-electron chi connectivity index (χ3n) is 1.16. The van der Waals surface area contributed by atoms with Crippen LogP contribution in [-0.2, 0) is 14.3 Å². The van der Waals surface area contributed by atoms with Gasteiger partial charge in [0.1, 0.15) is 0 Å². The second-order valence-corrected chi connectivity index (χ2v) is 2.12. The lowest BCUT2D eigenvalue weighted by atomic mass is 10.5. The van der Waals surface area contributed by atoms with Crippen molar-refractivity contribution in [3.63, 3.8) is 0 Å². The summed E-state index contributed by atoms with van der Waals surface area (Å²) in [7, 11) is 0. The van der Waals surface area contributed by atoms with Gasteiger partial charge in [-0.05, 0) is 13.3 Å². The van der Waals surface area contributed by atoms with Crippen molar-refractivity contribution < 1.29 is 14.3 Å². The molecule has 0 aromatic rings. The standard InChI is InChI=1S/C7H10O3/c1-3-4-9-7(8)6-5(2)10-6/h3-4H2,1-2H3. The first kappa shape index (κ1) is 7.12. The van der Waals surface area contributed by atoms with Gasteiger partial charge in [-0.1, -0.05) is 6.92 Å². The number of allylic oxidation sites excluding steroid dienone is 1. The average molecular weight is 142 g/mol. The molecule has 0 aromatic carbocycles. The Balaban J connectivity index is 2.24. The van der Waals surface area contributed by atoms with Crippen LogP contribution >= 0.6 is 0 Å². The Hall–Kier alpha value is -0.990. The number of rotatable bonds is 3. The summed E-state index contributed by atoms with van der Waals surface area (Å²) in [6.07, 6.45) is 0.845. The van der Waals surface area contributed by atoms with Crippen molar-refractivity contribution in [1.82, 2.24) is 0 Å². The van der Waals surface area contributed by atoms with E-state index in [2.05, 4.69) is 0 Å². The average Bonchev–Trinajstić information content (AvgIpc) is 2.62. The van der Waals surface area contributed by atoms with E-state index >= 15 is 0 Å². The molecule has 1 aliphatic heterocycles. The van der Waals surface area contributed by atoms with Gasteiger partial charge in [0.25, 0.3) is 0 Å². The Labute approximate surface area is 59.6 Å². The summed E-state index contributed by atoms with van der Waals surface area (Å²) in [5.41, 5.74) is 0. The molecule has 0 spiro atoms. The highest BCUT2D eigenvalue weighted by atomic mass is 16.6. The summed E-state index contributed by atoms with van der Waals surface area (Å²) in [5, 5.41) is 0. The van der Waals surface area contributed by atoms with Gasteiger partial charge in [-0.2, -0.15) is 0 Å². The summed E-state index contributed by atoms with van der Waals surface area (Å²) in [4.78, 5) is 10.8. The molecule has 0 fully saturated rings. The Bertz CT molecular complexity index is 181. The quantitative estimate of drug-likeness (QED) is 0.556. The van der Waals surface area contributed by atoms with Crippen molar-refractivity contribution in [2.75, 3.05) is 6.61 Å². The fraction of sp³-hybridized carbons (Fsp3) is 0.571. The van der Waals surface area contributed by atoms with E-state index in [-0.39, 0.29) is 5.97 Å². The summed E-state index contributed by atoms with van der Waals surface area (Å²) >= 11 is 0. The van der Waals surface area contributed by atoms with Gasteiger partial charge < -0.3 is 9.47 Å². The Kier molecular flexibility index (Phi) is 1.94. The first-order chi connectivity index (χ1) is 4.75. The van der Waals surface area contributed by atoms with E-state index in [4.69, 9.17) is 9.47 Å². The summed E-state index contributed by atoms with van der Waals surface area (Å²) in [6.45, 7) is 4.16. The van der Waals surface area contributed by atoms with Crippen LogP contribution in [0.15, 0.2) is 11.5 Å². The number of carbonyl (C=O) groups is 1. The molecule has 1 heterocycles. The maximum absolute atomic E-state index is 10.8. The van der Waals surface area contributed by atoms with Crippen LogP contribution in [0.5, 0.6) is 0 Å². The minimum Gasteiger partial charge on any atom is -0.460 e. The lowest BCUT2D eigenvalue weighted by molar-refractivity contribution is -0.140. The maximum atomic E-state index is 10.8. The van der Waals surface area contributed by atoms with Crippen molar-refractivity contribution in [3.05, 3.63) is 11.5 Å². The van der Waals surface area contributed by atoms with Crippen LogP contribution < -0.4 is 0 Å². The molecule has 3 nitrogen and oxygen atoms in total. The molecule has 0 amide bonds. The first-order valence-electron chi connectivity index (χ1n) is 3.31. The molecule has 0 saturated heterocycles. The molecule has 0 aliphatic carbocycles. The fourth-order valence-corrected chi connectivity index (χ4v) is 0.573. The monoisotopic (exact) mass is 142 g/mol. The van der Waals surface area contributed by atoms with Crippen LogP contribution in [0.25, 0.3) is 0 Å². The zero-order valence-electron chi connectivity index (χ0n) is 6.14. The molecule has 0 saturated carbocycles. The molecule has 1 aliphatic rings. The van der Waals surface area contributed by atoms with E-state index in [1.165, 1.54) is 0 Å². The zero-order chi connectivity index (χ0) is 7.56. The molecule has 56 valence electrons. The van der Waals surface area contributed by atoms with Crippen molar-refractivity contribution >= 4 is 5.97 Å². The van der Waals surface area contributed by atoms with Crippen molar-refractivity contribution in [2.45, 2.75) is 20.3 Å². The van der Waals surface area contributed by atoms with Crippen molar-refractivity contribution in [2.24, 2.45) is 0 Å². The zero-order valence-corrected chi connectivity index (χ0v) is 6.14. The highest BCUT2D eigenvalue weighted by Gasteiger charge is 2.29. The van der Waals surface area contributed by atoms with Crippen molar-refractivity contribution in [3.8, 4) is 0 Å². The predicted octanol–water partition coefficient (Wildman–Crippen LogP) is 1.20. The lowest BCUT2D eigenvalue weighted by Gasteiger charge is -1.94. The molecule has 0 radical (unpaired) electrons. The van der Waals surface area contributed by atoms with Crippen LogP contribution in [0.3, 0.4) is 0 Å². The van der Waals surface area contributed by atoms with Crippen LogP contribution in [0.4, 0.5) is 0 Å². The number of ether oxygens (including phenoxy) is 2. The molecule has 0 N–H and O–H groups in total. The molecular weight excluding hydrogens is 132 g/mol. The van der Waals surface area contributed by atoms with Gasteiger partial charge in [-0.15, -0.1) is 0 Å². The topological polar surface area (TPSA) is 38.8 Å². The minimum absolute atomic E-state index is 0.334. The van der Waals surface area contributed by atoms with Crippen molar-refractivity contribution in [1.29, 1.82) is 0 Å². The maximum Gasteiger partial charge on any atom is 0.377 e. The smallest absolute Gasteiger partial charge is 0.377 e. The largest absolute Gasteiger partial charge is 0.460 e. The highest BCUT2D eigenvalue weighted by Crippen LogP contribution is 2.25. The van der Waals surface area contributed by atoms with Crippen LogP contribution in [-0.4, -0.2) is 12.6 Å². The molecule has 1 rings (SSSR count). The number of hydrogen-bond acceptors (Lipinski definition) is 3. The molecule has 3 heteroatoms. The Morgan fingerprint density at radius 3 is 2.70 bits per heavy atom. The van der Waals surface area contributed by atoms with E-state index in [0.717, 1.165) is 6.42 Å². The fourth-order valence-electron chi connectivity index (χ4n) is 0.573. The summed E-state index contributed by atoms with van der Waals surface area (Å²) in [6, 6.07) is 0. The van der Waals surface area contributed by atoms with Crippen LogP contribution in [0.2, 0.25) is 0 Å². The van der Waals surface area contributed by atoms with E-state index < -0.39 is 0 Å². The van der Waals surface area contributed by atoms with E-state index in [9.17, 15) is 4.79 Å². The minimum atomic E-state index is -0.334. The molecule has 0 atom stereocenters. The van der Waals surface area contributed by atoms with E-state index in [0.29, 0.717) is 18.1 Å². The van der Waals surface area contributed by atoms with Crippen LogP contribution in [0, 0.1) is 0 Å². The van der Waals surface area contributed by atoms with Gasteiger partial charge in [-0.25, -0.2) is 4.79 Å². The third-order valence-corrected chi connectivity index (χ3v) is 1.16. The Morgan fingerprint density at radius 1 is 1.70 bits per heavy atom. The molecule has 0 unspecified atom stereocenters. The summed E-state index contributed by atoms with van der Waals surface area (Å²) < 4.78 is 9.50. The molecule has 0 aromatic heterocycles. The number of esters is 1. The molecule has 10 heavy (non-hydrogen) atoms. The Morgan fingerprint density at radius 2 is 2.30 bits per heavy atom. The van der Waals surface area contributed by atoms with Gasteiger partial charge >= 0.3 is 5.97 Å². The molecular formula is C7H10O3. The van der Waals surface area contributed by atoms with Crippen LogP contribution in [0.1, 0.15) is 20.3 Å². The van der Waals surface area contributed by atoms with Gasteiger partial charge in [0.2, 0.25) is 5.76 Å². The molecule has 0 bridgehead atoms. The van der Waals surface area contributed by atoms with Gasteiger partial charge in [0.05, 0.1) is 6.61 Å². The second kappa shape index (κ2) is 2.73. The predicted molar refractivity (Wildman–Crippen MR) is 35.0 cm³/mol. The van der Waals surface area contributed by atoms with Gasteiger partial charge in [0.15, 0.2) is 5.76 Å². The highest BCUT2D eigenvalue weighted by molar-refractivity contribution is 5.90.